The predicted molar refractivity (Wildman–Crippen MR) is 117 cm³/mol. The zero-order valence-corrected chi connectivity index (χ0v) is 17.9. The molecule has 0 aliphatic carbocycles. The number of hydrogen-bond donors (Lipinski definition) is 1. The lowest BCUT2D eigenvalue weighted by molar-refractivity contribution is -0.137. The molecule has 4 aromatic rings. The average molecular weight is 459 g/mol. The maximum atomic E-state index is 12.7. The van der Waals surface area contributed by atoms with Gasteiger partial charge in [0.1, 0.15) is 0 Å². The number of anilines is 1. The van der Waals surface area contributed by atoms with E-state index >= 15 is 0 Å². The lowest BCUT2D eigenvalue weighted by atomic mass is 10.1. The van der Waals surface area contributed by atoms with Crippen molar-refractivity contribution >= 4 is 34.2 Å². The van der Waals surface area contributed by atoms with Crippen molar-refractivity contribution in [3.05, 3.63) is 82.1 Å². The van der Waals surface area contributed by atoms with Crippen molar-refractivity contribution in [2.75, 3.05) is 5.32 Å². The van der Waals surface area contributed by atoms with Gasteiger partial charge in [0.15, 0.2) is 5.65 Å². The zero-order valence-electron chi connectivity index (χ0n) is 17.2. The molecular weight excluding hydrogens is 441 g/mol. The third-order valence-electron chi connectivity index (χ3n) is 5.01. The molecule has 0 fully saturated rings. The summed E-state index contributed by atoms with van der Waals surface area (Å²) in [5.41, 5.74) is 3.17. The van der Waals surface area contributed by atoms with Crippen LogP contribution in [0.3, 0.4) is 0 Å². The van der Waals surface area contributed by atoms with Gasteiger partial charge in [0.25, 0.3) is 0 Å². The first-order valence-electron chi connectivity index (χ1n) is 9.70. The molecule has 0 bridgehead atoms. The first kappa shape index (κ1) is 21.8. The number of nitrogens with zero attached hydrogens (tertiary/aromatic N) is 3. The topological polar surface area (TPSA) is 59.8 Å². The molecule has 0 spiro atoms. The standard InChI is InChI=1S/C23H18ClF3N4O/c1-13-3-9-18(10-4-13)31-22-20(14(2)30-31)21(24)15(12-28-22)11-19(32)29-17-7-5-16(6-8-17)23(25,26)27/h3-10,12H,11H2,1-2H3,(H,29,32). The van der Waals surface area contributed by atoms with Gasteiger partial charge < -0.3 is 5.32 Å². The number of pyridine rings is 1. The van der Waals surface area contributed by atoms with E-state index in [1.807, 2.05) is 38.1 Å². The smallest absolute Gasteiger partial charge is 0.326 e. The molecule has 2 aromatic heterocycles. The van der Waals surface area contributed by atoms with Crippen LogP contribution in [0, 0.1) is 13.8 Å². The Morgan fingerprint density at radius 1 is 1.06 bits per heavy atom. The van der Waals surface area contributed by atoms with Gasteiger partial charge in [-0.15, -0.1) is 0 Å². The molecule has 5 nitrogen and oxygen atoms in total. The third-order valence-corrected chi connectivity index (χ3v) is 5.44. The molecule has 0 saturated carbocycles. The summed E-state index contributed by atoms with van der Waals surface area (Å²) in [5, 5.41) is 8.14. The normalized spacial score (nSPS) is 11.7. The molecular formula is C23H18ClF3N4O. The number of nitrogens with one attached hydrogen (secondary N) is 1. The molecule has 4 rings (SSSR count). The van der Waals surface area contributed by atoms with Crippen molar-refractivity contribution in [3.8, 4) is 5.69 Å². The lowest BCUT2D eigenvalue weighted by Crippen LogP contribution is -2.15. The number of hydrogen-bond acceptors (Lipinski definition) is 3. The molecule has 164 valence electrons. The minimum atomic E-state index is -4.43. The van der Waals surface area contributed by atoms with Crippen LogP contribution in [0.25, 0.3) is 16.7 Å². The number of alkyl halides is 3. The van der Waals surface area contributed by atoms with Gasteiger partial charge in [-0.1, -0.05) is 29.3 Å². The molecule has 32 heavy (non-hydrogen) atoms. The monoisotopic (exact) mass is 458 g/mol. The molecule has 0 atom stereocenters. The van der Waals surface area contributed by atoms with Crippen LogP contribution in [-0.4, -0.2) is 20.7 Å². The minimum absolute atomic E-state index is 0.0854. The molecule has 1 amide bonds. The highest BCUT2D eigenvalue weighted by Crippen LogP contribution is 2.31. The van der Waals surface area contributed by atoms with E-state index in [-0.39, 0.29) is 12.1 Å². The fourth-order valence-corrected chi connectivity index (χ4v) is 3.69. The van der Waals surface area contributed by atoms with Gasteiger partial charge in [0.05, 0.1) is 33.8 Å². The van der Waals surface area contributed by atoms with Crippen molar-refractivity contribution in [1.29, 1.82) is 0 Å². The second kappa shape index (κ2) is 8.27. The summed E-state index contributed by atoms with van der Waals surface area (Å²) in [4.78, 5) is 16.9. The zero-order chi connectivity index (χ0) is 23.0. The molecule has 0 saturated heterocycles. The van der Waals surface area contributed by atoms with Crippen LogP contribution in [0.5, 0.6) is 0 Å². The van der Waals surface area contributed by atoms with Crippen LogP contribution in [0.15, 0.2) is 54.7 Å². The number of halogens is 4. The van der Waals surface area contributed by atoms with Crippen molar-refractivity contribution in [2.45, 2.75) is 26.4 Å². The van der Waals surface area contributed by atoms with E-state index in [1.54, 1.807) is 4.68 Å². The lowest BCUT2D eigenvalue weighted by Gasteiger charge is -2.10. The molecule has 2 heterocycles. The van der Waals surface area contributed by atoms with E-state index in [0.717, 1.165) is 23.4 Å². The van der Waals surface area contributed by atoms with Gasteiger partial charge in [-0.25, -0.2) is 9.67 Å². The Labute approximate surface area is 186 Å². The number of carbonyl (C=O) groups excluding carboxylic acids is 1. The second-order valence-electron chi connectivity index (χ2n) is 7.43. The average Bonchev–Trinajstić information content (AvgIpc) is 3.07. The van der Waals surface area contributed by atoms with Gasteiger partial charge in [-0.05, 0) is 55.8 Å². The molecule has 1 N–H and O–H groups in total. The Kier molecular flexibility index (Phi) is 5.64. The van der Waals surface area contributed by atoms with Crippen LogP contribution in [0.1, 0.15) is 22.4 Å². The molecule has 2 aromatic carbocycles. The van der Waals surface area contributed by atoms with Gasteiger partial charge in [0, 0.05) is 11.9 Å². The van der Waals surface area contributed by atoms with Crippen LogP contribution in [0.2, 0.25) is 5.02 Å². The maximum Gasteiger partial charge on any atom is 0.416 e. The SMILES string of the molecule is Cc1ccc(-n2nc(C)c3c(Cl)c(CC(=O)Nc4ccc(C(F)(F)F)cc4)cnc32)cc1. The number of carbonyl (C=O) groups is 1. The van der Waals surface area contributed by atoms with Gasteiger partial charge in [-0.3, -0.25) is 4.79 Å². The summed E-state index contributed by atoms with van der Waals surface area (Å²) in [5.74, 6) is -0.420. The van der Waals surface area contributed by atoms with Crippen molar-refractivity contribution < 1.29 is 18.0 Å². The number of benzene rings is 2. The number of aryl methyl sites for hydroxylation is 2. The summed E-state index contributed by atoms with van der Waals surface area (Å²) in [7, 11) is 0. The predicted octanol–water partition coefficient (Wildman–Crippen LogP) is 5.89. The largest absolute Gasteiger partial charge is 0.416 e. The van der Waals surface area contributed by atoms with Crippen molar-refractivity contribution in [1.82, 2.24) is 14.8 Å². The van der Waals surface area contributed by atoms with Crippen molar-refractivity contribution in [2.24, 2.45) is 0 Å². The van der Waals surface area contributed by atoms with Crippen molar-refractivity contribution in [3.63, 3.8) is 0 Å². The highest BCUT2D eigenvalue weighted by Gasteiger charge is 2.30. The maximum absolute atomic E-state index is 12.7. The van der Waals surface area contributed by atoms with Gasteiger partial charge in [-0.2, -0.15) is 18.3 Å². The summed E-state index contributed by atoms with van der Waals surface area (Å²) in [6.07, 6.45) is -3.00. The summed E-state index contributed by atoms with van der Waals surface area (Å²) >= 11 is 6.59. The summed E-state index contributed by atoms with van der Waals surface area (Å²) in [6, 6.07) is 12.1. The molecule has 0 aliphatic rings. The second-order valence-corrected chi connectivity index (χ2v) is 7.81. The highest BCUT2D eigenvalue weighted by atomic mass is 35.5. The molecule has 0 radical (unpaired) electrons. The van der Waals surface area contributed by atoms with E-state index in [1.165, 1.54) is 18.3 Å². The first-order valence-corrected chi connectivity index (χ1v) is 10.1. The summed E-state index contributed by atoms with van der Waals surface area (Å²) in [6.45, 7) is 3.81. The van der Waals surface area contributed by atoms with Gasteiger partial charge in [0.2, 0.25) is 5.91 Å². The Morgan fingerprint density at radius 3 is 2.34 bits per heavy atom. The Hall–Kier alpha value is -3.39. The summed E-state index contributed by atoms with van der Waals surface area (Å²) < 4.78 is 39.8. The van der Waals surface area contributed by atoms with E-state index in [9.17, 15) is 18.0 Å². The van der Waals surface area contributed by atoms with E-state index in [4.69, 9.17) is 11.6 Å². The number of amides is 1. The molecule has 0 aliphatic heterocycles. The van der Waals surface area contributed by atoms with E-state index < -0.39 is 17.6 Å². The van der Waals surface area contributed by atoms with Gasteiger partial charge >= 0.3 is 6.18 Å². The molecule has 9 heteroatoms. The van der Waals surface area contributed by atoms with E-state index in [0.29, 0.717) is 27.3 Å². The Bertz CT molecular complexity index is 1300. The van der Waals surface area contributed by atoms with Crippen LogP contribution < -0.4 is 5.32 Å². The van der Waals surface area contributed by atoms with Crippen LogP contribution in [0.4, 0.5) is 18.9 Å². The quantitative estimate of drug-likeness (QED) is 0.415. The minimum Gasteiger partial charge on any atom is -0.326 e. The third kappa shape index (κ3) is 4.31. The fourth-order valence-electron chi connectivity index (χ4n) is 3.36. The number of rotatable bonds is 4. The number of aromatic nitrogens is 3. The number of fused-ring (bicyclic) bond motifs is 1. The first-order chi connectivity index (χ1) is 15.1. The van der Waals surface area contributed by atoms with Crippen LogP contribution in [-0.2, 0) is 17.4 Å². The Balaban J connectivity index is 1.57. The Morgan fingerprint density at radius 2 is 1.72 bits per heavy atom. The fraction of sp³-hybridized carbons (Fsp3) is 0.174. The van der Waals surface area contributed by atoms with Crippen LogP contribution >= 0.6 is 11.6 Å². The highest BCUT2D eigenvalue weighted by molar-refractivity contribution is 6.36. The van der Waals surface area contributed by atoms with E-state index in [2.05, 4.69) is 15.4 Å². The molecule has 0 unspecified atom stereocenters.